The highest BCUT2D eigenvalue weighted by Crippen LogP contribution is 2.33. The van der Waals surface area contributed by atoms with Crippen LogP contribution in [0.2, 0.25) is 0 Å². The van der Waals surface area contributed by atoms with Gasteiger partial charge >= 0.3 is 11.5 Å². The van der Waals surface area contributed by atoms with Crippen molar-refractivity contribution in [1.29, 1.82) is 0 Å². The molecule has 0 unspecified atom stereocenters. The third-order valence-electron chi connectivity index (χ3n) is 3.94. The SMILES string of the molecule is Cc1c([N+](=O)[O-])c([N+](=O)[O-])nn1CC(=O)Nc1ccccc1Sc1ccccc1. The fourth-order valence-electron chi connectivity index (χ4n) is 2.61. The maximum absolute atomic E-state index is 12.5. The van der Waals surface area contributed by atoms with Gasteiger partial charge in [0.1, 0.15) is 12.2 Å². The number of nitrogens with one attached hydrogen (secondary N) is 1. The van der Waals surface area contributed by atoms with Gasteiger partial charge in [-0.3, -0.25) is 14.9 Å². The number of hydrogen-bond acceptors (Lipinski definition) is 7. The molecule has 0 atom stereocenters. The number of carbonyl (C=O) groups is 1. The van der Waals surface area contributed by atoms with E-state index < -0.39 is 33.8 Å². The van der Waals surface area contributed by atoms with Gasteiger partial charge in [0, 0.05) is 9.79 Å². The summed E-state index contributed by atoms with van der Waals surface area (Å²) in [6.45, 7) is 0.912. The molecule has 0 aliphatic heterocycles. The van der Waals surface area contributed by atoms with Gasteiger partial charge in [-0.25, -0.2) is 0 Å². The van der Waals surface area contributed by atoms with Crippen LogP contribution in [-0.4, -0.2) is 25.5 Å². The molecular weight excluding hydrogens is 398 g/mol. The molecule has 3 aromatic rings. The highest BCUT2D eigenvalue weighted by Gasteiger charge is 2.35. The quantitative estimate of drug-likeness (QED) is 0.460. The predicted molar refractivity (Wildman–Crippen MR) is 106 cm³/mol. The zero-order valence-electron chi connectivity index (χ0n) is 15.1. The molecule has 2 aromatic carbocycles. The standard InChI is InChI=1S/C18H15N5O5S/c1-12-17(22(25)26)18(23(27)28)20-21(12)11-16(24)19-14-9-5-6-10-15(14)29-13-7-3-2-4-8-13/h2-10H,11H2,1H3,(H,19,24). The smallest absolute Gasteiger partial charge is 0.358 e. The van der Waals surface area contributed by atoms with Gasteiger partial charge in [-0.2, -0.15) is 4.68 Å². The molecule has 1 heterocycles. The summed E-state index contributed by atoms with van der Waals surface area (Å²) in [4.78, 5) is 34.6. The largest absolute Gasteiger partial charge is 0.468 e. The molecule has 0 aliphatic rings. The molecule has 0 fully saturated rings. The van der Waals surface area contributed by atoms with Crippen LogP contribution in [-0.2, 0) is 11.3 Å². The van der Waals surface area contributed by atoms with Crippen LogP contribution in [0.5, 0.6) is 0 Å². The summed E-state index contributed by atoms with van der Waals surface area (Å²) in [7, 11) is 0. The molecule has 11 heteroatoms. The Balaban J connectivity index is 1.80. The number of hydrogen-bond donors (Lipinski definition) is 1. The second-order valence-corrected chi connectivity index (χ2v) is 7.00. The lowest BCUT2D eigenvalue weighted by molar-refractivity contribution is -0.424. The summed E-state index contributed by atoms with van der Waals surface area (Å²) in [6.07, 6.45) is 0. The summed E-state index contributed by atoms with van der Waals surface area (Å²) in [5, 5.41) is 28.5. The van der Waals surface area contributed by atoms with Crippen LogP contribution in [0.4, 0.5) is 17.2 Å². The van der Waals surface area contributed by atoms with Gasteiger partial charge in [0.25, 0.3) is 0 Å². The zero-order valence-corrected chi connectivity index (χ0v) is 16.0. The topological polar surface area (TPSA) is 133 Å². The van der Waals surface area contributed by atoms with Crippen molar-refractivity contribution in [2.24, 2.45) is 0 Å². The number of rotatable bonds is 7. The van der Waals surface area contributed by atoms with Gasteiger partial charge in [-0.15, -0.1) is 0 Å². The Labute approximate surface area is 168 Å². The molecule has 0 bridgehead atoms. The summed E-state index contributed by atoms with van der Waals surface area (Å²) in [6, 6.07) is 16.8. The van der Waals surface area contributed by atoms with Crippen molar-refractivity contribution in [2.45, 2.75) is 23.3 Å². The lowest BCUT2D eigenvalue weighted by Gasteiger charge is -2.10. The average Bonchev–Trinajstić information content (AvgIpc) is 3.01. The van der Waals surface area contributed by atoms with Gasteiger partial charge in [0.05, 0.1) is 15.7 Å². The highest BCUT2D eigenvalue weighted by molar-refractivity contribution is 7.99. The third-order valence-corrected chi connectivity index (χ3v) is 5.02. The summed E-state index contributed by atoms with van der Waals surface area (Å²) < 4.78 is 0.957. The van der Waals surface area contributed by atoms with Crippen molar-refractivity contribution in [3.8, 4) is 0 Å². The van der Waals surface area contributed by atoms with Gasteiger partial charge < -0.3 is 15.4 Å². The Bertz CT molecular complexity index is 1080. The number of nitrogens with zero attached hydrogens (tertiary/aromatic N) is 4. The number of anilines is 1. The second kappa shape index (κ2) is 8.52. The maximum atomic E-state index is 12.5. The molecule has 3 rings (SSSR count). The molecule has 0 saturated heterocycles. The second-order valence-electron chi connectivity index (χ2n) is 5.89. The van der Waals surface area contributed by atoms with Crippen LogP contribution in [0.15, 0.2) is 64.4 Å². The van der Waals surface area contributed by atoms with Crippen LogP contribution >= 0.6 is 11.8 Å². The van der Waals surface area contributed by atoms with Gasteiger partial charge in [-0.1, -0.05) is 42.1 Å². The van der Waals surface area contributed by atoms with E-state index in [2.05, 4.69) is 10.4 Å². The monoisotopic (exact) mass is 413 g/mol. The Hall–Kier alpha value is -3.73. The Kier molecular flexibility index (Phi) is 5.88. The normalized spacial score (nSPS) is 10.5. The van der Waals surface area contributed by atoms with Crippen molar-refractivity contribution in [1.82, 2.24) is 9.78 Å². The minimum Gasteiger partial charge on any atom is -0.358 e. The number of para-hydroxylation sites is 1. The van der Waals surface area contributed by atoms with E-state index >= 15 is 0 Å². The minimum atomic E-state index is -0.939. The molecule has 1 amide bonds. The highest BCUT2D eigenvalue weighted by atomic mass is 32.2. The number of aromatic nitrogens is 2. The maximum Gasteiger partial charge on any atom is 0.468 e. The molecule has 1 aromatic heterocycles. The molecule has 0 aliphatic carbocycles. The Morgan fingerprint density at radius 2 is 1.72 bits per heavy atom. The first kappa shape index (κ1) is 20.0. The van der Waals surface area contributed by atoms with E-state index in [0.717, 1.165) is 14.5 Å². The van der Waals surface area contributed by atoms with Crippen LogP contribution in [0.25, 0.3) is 0 Å². The van der Waals surface area contributed by atoms with E-state index in [1.54, 1.807) is 12.1 Å². The van der Waals surface area contributed by atoms with Gasteiger partial charge in [-0.05, 0) is 36.1 Å². The van der Waals surface area contributed by atoms with Crippen LogP contribution in [0.3, 0.4) is 0 Å². The fraction of sp³-hybridized carbons (Fsp3) is 0.111. The van der Waals surface area contributed by atoms with E-state index in [1.807, 2.05) is 42.5 Å². The zero-order chi connectivity index (χ0) is 21.0. The summed E-state index contributed by atoms with van der Waals surface area (Å²) in [5.74, 6) is -1.40. The van der Waals surface area contributed by atoms with Crippen LogP contribution in [0, 0.1) is 27.2 Å². The van der Waals surface area contributed by atoms with Gasteiger partial charge in [0.15, 0.2) is 0 Å². The Morgan fingerprint density at radius 1 is 1.07 bits per heavy atom. The van der Waals surface area contributed by atoms with E-state index in [0.29, 0.717) is 5.69 Å². The predicted octanol–water partition coefficient (Wildman–Crippen LogP) is 3.80. The molecule has 1 N–H and O–H groups in total. The number of nitro groups is 2. The molecule has 0 saturated carbocycles. The first-order chi connectivity index (χ1) is 13.9. The first-order valence-electron chi connectivity index (χ1n) is 8.34. The van der Waals surface area contributed by atoms with Crippen molar-refractivity contribution in [3.05, 3.63) is 80.5 Å². The van der Waals surface area contributed by atoms with E-state index in [-0.39, 0.29) is 5.69 Å². The first-order valence-corrected chi connectivity index (χ1v) is 9.16. The van der Waals surface area contributed by atoms with Gasteiger partial charge in [0.2, 0.25) is 5.91 Å². The van der Waals surface area contributed by atoms with Crippen molar-refractivity contribution in [2.75, 3.05) is 5.32 Å². The molecule has 0 spiro atoms. The van der Waals surface area contributed by atoms with Crippen molar-refractivity contribution in [3.63, 3.8) is 0 Å². The van der Waals surface area contributed by atoms with E-state index in [1.165, 1.54) is 18.7 Å². The van der Waals surface area contributed by atoms with Crippen LogP contribution in [0.1, 0.15) is 5.69 Å². The number of amides is 1. The van der Waals surface area contributed by atoms with E-state index in [9.17, 15) is 25.0 Å². The average molecular weight is 413 g/mol. The fourth-order valence-corrected chi connectivity index (χ4v) is 3.53. The lowest BCUT2D eigenvalue weighted by atomic mass is 10.3. The minimum absolute atomic E-state index is 0.0659. The van der Waals surface area contributed by atoms with E-state index in [4.69, 9.17) is 0 Å². The lowest BCUT2D eigenvalue weighted by Crippen LogP contribution is -2.20. The molecular formula is C18H15N5O5S. The van der Waals surface area contributed by atoms with Crippen LogP contribution < -0.4 is 5.32 Å². The van der Waals surface area contributed by atoms with Crippen molar-refractivity contribution < 1.29 is 14.6 Å². The summed E-state index contributed by atoms with van der Waals surface area (Å²) in [5.41, 5.74) is -0.230. The van der Waals surface area contributed by atoms with Crippen molar-refractivity contribution >= 4 is 34.9 Å². The molecule has 0 radical (unpaired) electrons. The molecule has 10 nitrogen and oxygen atoms in total. The number of carbonyl (C=O) groups excluding carboxylic acids is 1. The molecule has 29 heavy (non-hydrogen) atoms. The Morgan fingerprint density at radius 3 is 2.34 bits per heavy atom. The third kappa shape index (κ3) is 4.58. The number of benzene rings is 2. The molecule has 148 valence electrons. The summed E-state index contributed by atoms with van der Waals surface area (Å²) >= 11 is 1.46.